The Morgan fingerprint density at radius 1 is 0.882 bits per heavy atom. The minimum absolute atomic E-state index is 0.0622. The van der Waals surface area contributed by atoms with Crippen molar-refractivity contribution in [2.24, 2.45) is 0 Å². The Bertz CT molecular complexity index is 2020. The highest BCUT2D eigenvalue weighted by molar-refractivity contribution is 5.87. The zero-order valence-electron chi connectivity index (χ0n) is 25.8. The average molecular weight is 719 g/mol. The van der Waals surface area contributed by atoms with Gasteiger partial charge in [0.2, 0.25) is 18.2 Å². The maximum absolute atomic E-state index is 13.6. The van der Waals surface area contributed by atoms with Crippen molar-refractivity contribution < 1.29 is 89.1 Å². The second kappa shape index (κ2) is 13.0. The molecule has 6 rings (SSSR count). The molecule has 0 saturated carbocycles. The number of rotatable bonds is 6. The van der Waals surface area contributed by atoms with E-state index in [9.17, 15) is 70.6 Å². The topological polar surface area (TPSA) is 324 Å². The molecule has 51 heavy (non-hydrogen) atoms. The van der Waals surface area contributed by atoms with E-state index in [2.05, 4.69) is 11.8 Å². The maximum atomic E-state index is 13.6. The molecule has 10 unspecified atom stereocenters. The van der Waals surface area contributed by atoms with Gasteiger partial charge in [0.05, 0.1) is 6.42 Å². The number of carbonyl (C=O) groups excluding carboxylic acids is 1. The van der Waals surface area contributed by atoms with Gasteiger partial charge in [-0.25, -0.2) is 9.59 Å². The number of carbonyl (C=O) groups is 2. The molecule has 19 nitrogen and oxygen atoms in total. The van der Waals surface area contributed by atoms with Crippen LogP contribution in [0.1, 0.15) is 12.0 Å². The zero-order chi connectivity index (χ0) is 37.2. The lowest BCUT2D eigenvalue weighted by Crippen LogP contribution is -2.70. The van der Waals surface area contributed by atoms with Crippen molar-refractivity contribution in [1.29, 1.82) is 0 Å². The van der Waals surface area contributed by atoms with Crippen LogP contribution in [-0.2, 0) is 30.2 Å². The quantitative estimate of drug-likeness (QED) is 0.0682. The first-order chi connectivity index (χ1) is 24.0. The number of hydrogen-bond donors (Lipinski definition) is 11. The largest absolute Gasteiger partial charge is 0.507 e. The Morgan fingerprint density at radius 3 is 2.27 bits per heavy atom. The second-order valence-corrected chi connectivity index (χ2v) is 12.0. The number of aromatic hydroxyl groups is 3. The molecule has 2 aromatic carbocycles. The fourth-order valence-corrected chi connectivity index (χ4v) is 6.02. The molecule has 3 aliphatic heterocycles. The van der Waals surface area contributed by atoms with Crippen LogP contribution < -0.4 is 10.2 Å². The van der Waals surface area contributed by atoms with Crippen molar-refractivity contribution in [3.63, 3.8) is 0 Å². The van der Waals surface area contributed by atoms with E-state index in [0.29, 0.717) is 0 Å². The van der Waals surface area contributed by atoms with E-state index in [1.807, 2.05) is 0 Å². The molecular weight excluding hydrogens is 688 g/mol. The van der Waals surface area contributed by atoms with E-state index >= 15 is 0 Å². The zero-order valence-corrected chi connectivity index (χ0v) is 25.8. The number of phenolic OH excluding ortho intramolecular Hbond substituents is 3. The van der Waals surface area contributed by atoms with Gasteiger partial charge in [0.15, 0.2) is 16.9 Å². The first-order valence-electron chi connectivity index (χ1n) is 15.1. The Balaban J connectivity index is 1.38. The van der Waals surface area contributed by atoms with Crippen LogP contribution in [0.25, 0.3) is 22.3 Å². The standard InChI is InChI=1S/C32H30O19/c33-5-2-11-6-12(7-16(36)20(11)37)17-10-15(35)19-14(34)8-13(9-18(19)48-17)47-27-23(40)22(39)26(43)32(51-27)4-1-3-31(29(44)45)25(42)21(38)24(41)28(50-31)49-30(32)46/h6-10,21-28,33-34,36-43H,2,4-5H2,(H,44,45). The predicted octanol–water partition coefficient (Wildman–Crippen LogP) is -3.12. The molecule has 0 amide bonds. The Morgan fingerprint density at radius 2 is 1.59 bits per heavy atom. The number of ether oxygens (including phenoxy) is 4. The summed E-state index contributed by atoms with van der Waals surface area (Å²) in [7, 11) is 0. The third kappa shape index (κ3) is 5.78. The van der Waals surface area contributed by atoms with E-state index < -0.39 is 107 Å². The van der Waals surface area contributed by atoms with Gasteiger partial charge in [-0.15, -0.1) is 0 Å². The van der Waals surface area contributed by atoms with Gasteiger partial charge in [0.1, 0.15) is 64.9 Å². The summed E-state index contributed by atoms with van der Waals surface area (Å²) in [5.41, 5.74) is -6.63. The summed E-state index contributed by atoms with van der Waals surface area (Å²) in [6.45, 7) is -0.384. The van der Waals surface area contributed by atoms with Crippen LogP contribution in [0, 0.1) is 11.8 Å². The lowest BCUT2D eigenvalue weighted by molar-refractivity contribution is -0.329. The minimum Gasteiger partial charge on any atom is -0.507 e. The first kappa shape index (κ1) is 35.8. The molecule has 4 heterocycles. The van der Waals surface area contributed by atoms with Crippen molar-refractivity contribution >= 4 is 22.9 Å². The van der Waals surface area contributed by atoms with Crippen LogP contribution in [0.2, 0.25) is 0 Å². The molecule has 11 N–H and O–H groups in total. The molecule has 3 aromatic rings. The molecule has 2 saturated heterocycles. The molecule has 2 fully saturated rings. The summed E-state index contributed by atoms with van der Waals surface area (Å²) >= 11 is 0. The molecule has 19 heteroatoms. The van der Waals surface area contributed by atoms with Gasteiger partial charge in [-0.05, 0) is 18.6 Å². The highest BCUT2D eigenvalue weighted by Gasteiger charge is 2.64. The Hall–Kier alpha value is -5.01. The molecule has 2 bridgehead atoms. The molecule has 1 aromatic heterocycles. The minimum atomic E-state index is -2.94. The number of aliphatic hydroxyl groups is 7. The van der Waals surface area contributed by atoms with Crippen molar-refractivity contribution in [2.75, 3.05) is 6.61 Å². The number of carboxylic acids is 1. The normalized spacial score (nSPS) is 33.4. The van der Waals surface area contributed by atoms with E-state index in [1.165, 1.54) is 6.07 Å². The van der Waals surface area contributed by atoms with Gasteiger partial charge in [-0.3, -0.25) is 4.79 Å². The molecule has 1 spiro atoms. The predicted molar refractivity (Wildman–Crippen MR) is 162 cm³/mol. The number of aliphatic carboxylic acids is 1. The number of hydrogen-bond acceptors (Lipinski definition) is 18. The lowest BCUT2D eigenvalue weighted by atomic mass is 9.83. The van der Waals surface area contributed by atoms with Crippen molar-refractivity contribution in [3.05, 3.63) is 46.1 Å². The number of benzene rings is 2. The third-order valence-electron chi connectivity index (χ3n) is 8.81. The Kier molecular flexibility index (Phi) is 9.09. The SMILES string of the molecule is O=C(O)C12C#CCC3(OC(Oc4cc(O)c5c(=O)cc(-c6cc(O)c(O)c(CCO)c6)oc5c4)C(O)C(O)C3O)C(=O)OC(O1)C(O)C(O)C2O. The molecule has 272 valence electrons. The molecule has 0 aliphatic carbocycles. The van der Waals surface area contributed by atoms with Crippen LogP contribution in [0.5, 0.6) is 23.0 Å². The summed E-state index contributed by atoms with van der Waals surface area (Å²) in [6, 6.07) is 5.33. The number of fused-ring (bicyclic) bond motifs is 3. The molecule has 0 radical (unpaired) electrons. The monoisotopic (exact) mass is 718 g/mol. The number of carboxylic acid groups (broad SMARTS) is 1. The van der Waals surface area contributed by atoms with Crippen molar-refractivity contribution in [1.82, 2.24) is 0 Å². The highest BCUT2D eigenvalue weighted by Crippen LogP contribution is 2.41. The Labute approximate surface area is 284 Å². The van der Waals surface area contributed by atoms with Crippen LogP contribution >= 0.6 is 0 Å². The van der Waals surface area contributed by atoms with Crippen LogP contribution in [0.3, 0.4) is 0 Å². The summed E-state index contributed by atoms with van der Waals surface area (Å²) in [5, 5.41) is 114. The van der Waals surface area contributed by atoms with Crippen molar-refractivity contribution in [3.8, 4) is 46.2 Å². The fourth-order valence-electron chi connectivity index (χ4n) is 6.02. The summed E-state index contributed by atoms with van der Waals surface area (Å²) < 4.78 is 27.3. The van der Waals surface area contributed by atoms with Crippen LogP contribution in [0.15, 0.2) is 39.5 Å². The van der Waals surface area contributed by atoms with Gasteiger partial charge in [0.25, 0.3) is 5.60 Å². The average Bonchev–Trinajstić information content (AvgIpc) is 3.13. The van der Waals surface area contributed by atoms with Gasteiger partial charge in [-0.2, -0.15) is 0 Å². The van der Waals surface area contributed by atoms with Crippen LogP contribution in [-0.4, -0.2) is 135 Å². The highest BCUT2D eigenvalue weighted by atomic mass is 16.8. The second-order valence-electron chi connectivity index (χ2n) is 12.0. The van der Waals surface area contributed by atoms with Gasteiger partial charge in [0, 0.05) is 35.9 Å². The van der Waals surface area contributed by atoms with E-state index in [-0.39, 0.29) is 40.9 Å². The number of phenols is 3. The fraction of sp³-hybridized carbons (Fsp3) is 0.406. The van der Waals surface area contributed by atoms with E-state index in [4.69, 9.17) is 23.4 Å². The molecule has 3 aliphatic rings. The molecular formula is C32H30O19. The van der Waals surface area contributed by atoms with E-state index in [1.54, 1.807) is 0 Å². The van der Waals surface area contributed by atoms with Gasteiger partial charge >= 0.3 is 11.9 Å². The summed E-state index contributed by atoms with van der Waals surface area (Å²) in [5.74, 6) is -1.67. The molecule has 10 atom stereocenters. The van der Waals surface area contributed by atoms with Crippen LogP contribution in [0.4, 0.5) is 0 Å². The number of aliphatic hydroxyl groups excluding tert-OH is 7. The van der Waals surface area contributed by atoms with E-state index in [0.717, 1.165) is 24.3 Å². The lowest BCUT2D eigenvalue weighted by Gasteiger charge is -2.47. The van der Waals surface area contributed by atoms with Crippen molar-refractivity contribution in [2.45, 2.75) is 73.2 Å². The third-order valence-corrected chi connectivity index (χ3v) is 8.81. The maximum Gasteiger partial charge on any atom is 0.351 e. The first-order valence-corrected chi connectivity index (χ1v) is 15.1. The van der Waals surface area contributed by atoms with Gasteiger partial charge < -0.3 is 79.5 Å². The smallest absolute Gasteiger partial charge is 0.351 e. The number of esters is 1. The van der Waals surface area contributed by atoms with Gasteiger partial charge in [-0.1, -0.05) is 11.8 Å². The summed E-state index contributed by atoms with van der Waals surface area (Å²) in [4.78, 5) is 38.7. The summed E-state index contributed by atoms with van der Waals surface area (Å²) in [6.07, 6.45) is -19.1.